The van der Waals surface area contributed by atoms with Crippen molar-refractivity contribution in [2.75, 3.05) is 0 Å². The van der Waals surface area contributed by atoms with Gasteiger partial charge in [-0.05, 0) is 62.3 Å². The summed E-state index contributed by atoms with van der Waals surface area (Å²) >= 11 is 6.01. The van der Waals surface area contributed by atoms with Crippen molar-refractivity contribution in [3.63, 3.8) is 0 Å². The minimum Gasteiger partial charge on any atom is -0.353 e. The molecule has 1 N–H and O–H groups in total. The number of aromatic nitrogens is 2. The molecule has 2 aromatic rings. The Bertz CT molecular complexity index is 714. The Morgan fingerprint density at radius 2 is 1.88 bits per heavy atom. The third kappa shape index (κ3) is 3.20. The van der Waals surface area contributed by atoms with Crippen LogP contribution in [0.15, 0.2) is 42.7 Å². The van der Waals surface area contributed by atoms with E-state index in [0.717, 1.165) is 55.5 Å². The van der Waals surface area contributed by atoms with Gasteiger partial charge in [0.1, 0.15) is 0 Å². The molecular weight excluding hydrogens is 334 g/mol. The van der Waals surface area contributed by atoms with E-state index in [1.54, 1.807) is 0 Å². The monoisotopic (exact) mass is 357 g/mol. The van der Waals surface area contributed by atoms with Crippen LogP contribution in [0.4, 0.5) is 0 Å². The molecule has 2 aliphatic carbocycles. The van der Waals surface area contributed by atoms with Gasteiger partial charge < -0.3 is 5.32 Å². The first-order valence-corrected chi connectivity index (χ1v) is 9.61. The summed E-state index contributed by atoms with van der Waals surface area (Å²) in [6, 6.07) is 10.5. The third-order valence-electron chi connectivity index (χ3n) is 5.97. The van der Waals surface area contributed by atoms with Crippen LogP contribution in [0.25, 0.3) is 0 Å². The van der Waals surface area contributed by atoms with Crippen LogP contribution in [0.3, 0.4) is 0 Å². The molecule has 1 aromatic carbocycles. The average molecular weight is 358 g/mol. The first-order valence-electron chi connectivity index (χ1n) is 9.23. The van der Waals surface area contributed by atoms with E-state index in [9.17, 15) is 4.79 Å². The molecule has 1 aromatic heterocycles. The Morgan fingerprint density at radius 3 is 2.44 bits per heavy atom. The molecule has 2 fully saturated rings. The van der Waals surface area contributed by atoms with E-state index in [4.69, 9.17) is 11.6 Å². The van der Waals surface area contributed by atoms with Crippen LogP contribution in [-0.2, 0) is 10.2 Å². The summed E-state index contributed by atoms with van der Waals surface area (Å²) in [4.78, 5) is 13.0. The summed E-state index contributed by atoms with van der Waals surface area (Å²) in [5.74, 6) is 0.198. The molecule has 4 rings (SSSR count). The number of hydrogen-bond acceptors (Lipinski definition) is 2. The zero-order valence-electron chi connectivity index (χ0n) is 14.3. The molecule has 0 atom stereocenters. The minimum absolute atomic E-state index is 0.198. The molecule has 2 aliphatic rings. The number of rotatable bonds is 4. The lowest BCUT2D eigenvalue weighted by molar-refractivity contribution is -0.131. The molecule has 1 heterocycles. The molecular formula is C20H24ClN3O. The van der Waals surface area contributed by atoms with Crippen molar-refractivity contribution >= 4 is 17.5 Å². The van der Waals surface area contributed by atoms with Crippen LogP contribution in [0.5, 0.6) is 0 Å². The van der Waals surface area contributed by atoms with Gasteiger partial charge in [-0.15, -0.1) is 0 Å². The maximum absolute atomic E-state index is 13.0. The van der Waals surface area contributed by atoms with Crippen LogP contribution in [0, 0.1) is 0 Å². The molecule has 0 saturated heterocycles. The average Bonchev–Trinajstić information content (AvgIpc) is 3.11. The second kappa shape index (κ2) is 6.83. The molecule has 0 bridgehead atoms. The zero-order chi connectivity index (χ0) is 17.3. The van der Waals surface area contributed by atoms with Crippen LogP contribution >= 0.6 is 11.6 Å². The fraction of sp³-hybridized carbons (Fsp3) is 0.500. The number of hydrogen-bond donors (Lipinski definition) is 1. The van der Waals surface area contributed by atoms with E-state index in [1.165, 1.54) is 0 Å². The van der Waals surface area contributed by atoms with E-state index in [-0.39, 0.29) is 17.4 Å². The second-order valence-electron chi connectivity index (χ2n) is 7.41. The number of amides is 1. The lowest BCUT2D eigenvalue weighted by Crippen LogP contribution is -2.52. The third-order valence-corrected chi connectivity index (χ3v) is 6.22. The number of carbonyl (C=O) groups excluding carboxylic acids is 1. The summed E-state index contributed by atoms with van der Waals surface area (Å²) in [6.07, 6.45) is 11.0. The summed E-state index contributed by atoms with van der Waals surface area (Å²) < 4.78 is 2.05. The Hall–Kier alpha value is -1.81. The number of nitrogens with one attached hydrogen (secondary N) is 1. The maximum atomic E-state index is 13.0. The van der Waals surface area contributed by atoms with Gasteiger partial charge in [0.05, 0.1) is 11.5 Å². The maximum Gasteiger partial charge on any atom is 0.230 e. The van der Waals surface area contributed by atoms with Crippen molar-refractivity contribution in [1.29, 1.82) is 0 Å². The van der Waals surface area contributed by atoms with E-state index < -0.39 is 0 Å². The molecule has 0 spiro atoms. The fourth-order valence-electron chi connectivity index (χ4n) is 4.25. The second-order valence-corrected chi connectivity index (χ2v) is 7.84. The highest BCUT2D eigenvalue weighted by Gasteiger charge is 2.46. The Labute approximate surface area is 153 Å². The van der Waals surface area contributed by atoms with Crippen molar-refractivity contribution in [1.82, 2.24) is 15.1 Å². The highest BCUT2D eigenvalue weighted by Crippen LogP contribution is 2.44. The van der Waals surface area contributed by atoms with Crippen molar-refractivity contribution in [2.45, 2.75) is 62.4 Å². The minimum atomic E-state index is -0.344. The molecule has 5 heteroatoms. The Kier molecular flexibility index (Phi) is 4.55. The first-order chi connectivity index (χ1) is 12.2. The van der Waals surface area contributed by atoms with Crippen molar-refractivity contribution in [2.24, 2.45) is 0 Å². The molecule has 1 amide bonds. The number of halogens is 1. The van der Waals surface area contributed by atoms with Crippen LogP contribution in [-0.4, -0.2) is 21.7 Å². The predicted octanol–water partition coefficient (Wildman–Crippen LogP) is 4.26. The normalized spacial score (nSPS) is 25.2. The van der Waals surface area contributed by atoms with Gasteiger partial charge >= 0.3 is 0 Å². The van der Waals surface area contributed by atoms with Gasteiger partial charge in [-0.25, -0.2) is 0 Å². The number of benzene rings is 1. The van der Waals surface area contributed by atoms with E-state index in [0.29, 0.717) is 6.04 Å². The van der Waals surface area contributed by atoms with Crippen molar-refractivity contribution in [3.05, 3.63) is 53.3 Å². The zero-order valence-corrected chi connectivity index (χ0v) is 15.1. The Morgan fingerprint density at radius 1 is 1.16 bits per heavy atom. The molecule has 0 radical (unpaired) electrons. The van der Waals surface area contributed by atoms with Crippen LogP contribution in [0.2, 0.25) is 5.02 Å². The molecule has 0 aliphatic heterocycles. The highest BCUT2D eigenvalue weighted by molar-refractivity contribution is 6.30. The van der Waals surface area contributed by atoms with Gasteiger partial charge in [-0.3, -0.25) is 9.48 Å². The summed E-state index contributed by atoms with van der Waals surface area (Å²) in [7, 11) is 0. The van der Waals surface area contributed by atoms with Gasteiger partial charge in [0.2, 0.25) is 5.91 Å². The molecule has 132 valence electrons. The molecule has 0 unspecified atom stereocenters. The number of nitrogens with zero attached hydrogens (tertiary/aromatic N) is 2. The summed E-state index contributed by atoms with van der Waals surface area (Å²) in [5.41, 5.74) is 0.759. The van der Waals surface area contributed by atoms with Crippen molar-refractivity contribution in [3.8, 4) is 0 Å². The largest absolute Gasteiger partial charge is 0.353 e. The Balaban J connectivity index is 1.39. The van der Waals surface area contributed by atoms with Gasteiger partial charge in [-0.1, -0.05) is 30.2 Å². The fourth-order valence-corrected chi connectivity index (χ4v) is 4.38. The molecule has 2 saturated carbocycles. The molecule has 25 heavy (non-hydrogen) atoms. The van der Waals surface area contributed by atoms with Gasteiger partial charge in [0, 0.05) is 23.5 Å². The smallest absolute Gasteiger partial charge is 0.230 e. The van der Waals surface area contributed by atoms with Gasteiger partial charge in [0.25, 0.3) is 0 Å². The number of carbonyl (C=O) groups is 1. The van der Waals surface area contributed by atoms with E-state index in [2.05, 4.69) is 15.1 Å². The summed E-state index contributed by atoms with van der Waals surface area (Å²) in [6.45, 7) is 0. The quantitative estimate of drug-likeness (QED) is 0.888. The highest BCUT2D eigenvalue weighted by atomic mass is 35.5. The topological polar surface area (TPSA) is 46.9 Å². The SMILES string of the molecule is O=C(NC1CCC(n2cccn2)CC1)C1(c2ccc(Cl)cc2)CCC1. The van der Waals surface area contributed by atoms with Crippen molar-refractivity contribution < 1.29 is 4.79 Å². The van der Waals surface area contributed by atoms with E-state index in [1.807, 2.05) is 42.7 Å². The standard InChI is InChI=1S/C20H24ClN3O/c21-16-5-3-15(4-6-16)20(11-1-12-20)19(25)23-17-7-9-18(10-8-17)24-14-2-13-22-24/h2-6,13-14,17-18H,1,7-12H2,(H,23,25). The van der Waals surface area contributed by atoms with E-state index >= 15 is 0 Å². The molecule has 4 nitrogen and oxygen atoms in total. The van der Waals surface area contributed by atoms with Gasteiger partial charge in [-0.2, -0.15) is 5.10 Å². The predicted molar refractivity (Wildman–Crippen MR) is 98.6 cm³/mol. The lowest BCUT2D eigenvalue weighted by atomic mass is 9.63. The lowest BCUT2D eigenvalue weighted by Gasteiger charge is -2.42. The summed E-state index contributed by atoms with van der Waals surface area (Å²) in [5, 5.41) is 8.41. The van der Waals surface area contributed by atoms with Crippen LogP contribution in [0.1, 0.15) is 56.6 Å². The first kappa shape index (κ1) is 16.6. The van der Waals surface area contributed by atoms with Crippen LogP contribution < -0.4 is 5.32 Å². The van der Waals surface area contributed by atoms with Gasteiger partial charge in [0.15, 0.2) is 0 Å².